The number of unbranched alkanes of at least 4 members (excludes halogenated alkanes) is 3. The Morgan fingerprint density at radius 2 is 1.79 bits per heavy atom. The Morgan fingerprint density at radius 3 is 2.57 bits per heavy atom. The minimum absolute atomic E-state index is 0.123. The van der Waals surface area contributed by atoms with Crippen molar-refractivity contribution in [2.24, 2.45) is 0 Å². The lowest BCUT2D eigenvalue weighted by Crippen LogP contribution is -2.43. The molecule has 0 spiro atoms. The van der Waals surface area contributed by atoms with Crippen molar-refractivity contribution in [3.05, 3.63) is 65.5 Å². The van der Waals surface area contributed by atoms with Crippen LogP contribution in [0.5, 0.6) is 0 Å². The number of hydroxylamine groups is 1. The van der Waals surface area contributed by atoms with Crippen LogP contribution < -0.4 is 10.8 Å². The summed E-state index contributed by atoms with van der Waals surface area (Å²) in [5.41, 5.74) is 3.33. The smallest absolute Gasteiger partial charge is 0.257 e. The highest BCUT2D eigenvalue weighted by atomic mass is 19.1. The molecule has 0 aliphatic carbocycles. The van der Waals surface area contributed by atoms with E-state index in [-0.39, 0.29) is 18.1 Å². The second-order valence-corrected chi connectivity index (χ2v) is 6.81. The van der Waals surface area contributed by atoms with E-state index < -0.39 is 12.1 Å². The number of nitrogens with one attached hydrogen (secondary N) is 2. The number of nitrogens with zero attached hydrogens (tertiary/aromatic N) is 1. The second kappa shape index (κ2) is 9.32. The topological polar surface area (TPSA) is 81.7 Å². The van der Waals surface area contributed by atoms with E-state index in [1.807, 2.05) is 18.2 Å². The highest BCUT2D eigenvalue weighted by molar-refractivity contribution is 6.01. The summed E-state index contributed by atoms with van der Waals surface area (Å²) < 4.78 is 14.4. The van der Waals surface area contributed by atoms with Gasteiger partial charge in [-0.25, -0.2) is 9.87 Å². The fourth-order valence-electron chi connectivity index (χ4n) is 3.44. The molecule has 6 nitrogen and oxygen atoms in total. The molecule has 0 fully saturated rings. The molecule has 0 radical (unpaired) electrons. The normalized spacial score (nSPS) is 15.7. The van der Waals surface area contributed by atoms with Crippen LogP contribution in [0.4, 0.5) is 10.1 Å². The van der Waals surface area contributed by atoms with Gasteiger partial charge in [0.1, 0.15) is 12.0 Å². The zero-order valence-electron chi connectivity index (χ0n) is 15.5. The quantitative estimate of drug-likeness (QED) is 0.366. The van der Waals surface area contributed by atoms with Crippen molar-refractivity contribution in [3.8, 4) is 0 Å². The third kappa shape index (κ3) is 4.48. The lowest BCUT2D eigenvalue weighted by molar-refractivity contribution is -0.129. The predicted molar refractivity (Wildman–Crippen MR) is 103 cm³/mol. The van der Waals surface area contributed by atoms with E-state index in [0.717, 1.165) is 19.3 Å². The van der Waals surface area contributed by atoms with Gasteiger partial charge in [-0.2, -0.15) is 0 Å². The van der Waals surface area contributed by atoms with Crippen molar-refractivity contribution in [1.82, 2.24) is 10.4 Å². The second-order valence-electron chi connectivity index (χ2n) is 6.81. The molecular weight excluding hydrogens is 361 g/mol. The first-order chi connectivity index (χ1) is 13.6. The number of fused-ring (bicyclic) bond motifs is 1. The minimum Gasteiger partial charge on any atom is -0.361 e. The van der Waals surface area contributed by atoms with E-state index >= 15 is 0 Å². The van der Waals surface area contributed by atoms with Crippen LogP contribution in [0.15, 0.2) is 48.5 Å². The molecule has 0 saturated heterocycles. The Labute approximate surface area is 163 Å². The Kier molecular flexibility index (Phi) is 6.60. The zero-order chi connectivity index (χ0) is 19.9. The summed E-state index contributed by atoms with van der Waals surface area (Å²) in [4.78, 5) is 25.7. The van der Waals surface area contributed by atoms with E-state index in [2.05, 4.69) is 5.32 Å². The first-order valence-electron chi connectivity index (χ1n) is 9.45. The van der Waals surface area contributed by atoms with Crippen molar-refractivity contribution in [2.75, 3.05) is 11.9 Å². The number of carbonyl (C=O) groups excluding carboxylic acids is 2. The summed E-state index contributed by atoms with van der Waals surface area (Å²) in [6, 6.07) is 13.7. The van der Waals surface area contributed by atoms with Gasteiger partial charge in [0.05, 0.1) is 5.56 Å². The number of hydrogen-bond donors (Lipinski definition) is 3. The molecule has 0 saturated carbocycles. The molecule has 1 aliphatic heterocycles. The minimum atomic E-state index is -0.566. The number of rotatable bonds is 8. The van der Waals surface area contributed by atoms with Gasteiger partial charge in [-0.3, -0.25) is 14.8 Å². The summed E-state index contributed by atoms with van der Waals surface area (Å²) in [6.45, 7) is 0.478. The summed E-state index contributed by atoms with van der Waals surface area (Å²) >= 11 is 0. The SMILES string of the molecule is O=C(CCCCCCN1C(=O)c2ccccc2NC1c1ccccc1F)NO. The van der Waals surface area contributed by atoms with Crippen molar-refractivity contribution in [3.63, 3.8) is 0 Å². The average Bonchev–Trinajstić information content (AvgIpc) is 2.72. The number of halogens is 1. The Balaban J connectivity index is 1.70. The molecule has 2 amide bonds. The van der Waals surface area contributed by atoms with Crippen molar-refractivity contribution in [1.29, 1.82) is 0 Å². The van der Waals surface area contributed by atoms with E-state index in [1.54, 1.807) is 34.6 Å². The highest BCUT2D eigenvalue weighted by Gasteiger charge is 2.33. The zero-order valence-corrected chi connectivity index (χ0v) is 15.5. The Morgan fingerprint density at radius 1 is 1.07 bits per heavy atom. The molecule has 148 valence electrons. The van der Waals surface area contributed by atoms with Crippen LogP contribution in [-0.4, -0.2) is 28.5 Å². The van der Waals surface area contributed by atoms with Gasteiger partial charge in [0, 0.05) is 24.2 Å². The number of carbonyl (C=O) groups is 2. The van der Waals surface area contributed by atoms with Gasteiger partial charge < -0.3 is 10.2 Å². The molecule has 2 aromatic carbocycles. The standard InChI is InChI=1S/C21H24FN3O3/c22-17-11-6-4-9-15(17)20-23-18-12-7-5-10-16(18)21(27)25(20)14-8-2-1-3-13-19(26)24-28/h4-7,9-12,20,23,28H,1-3,8,13-14H2,(H,24,26). The van der Waals surface area contributed by atoms with Crippen LogP contribution in [-0.2, 0) is 4.79 Å². The van der Waals surface area contributed by atoms with E-state index in [4.69, 9.17) is 5.21 Å². The van der Waals surface area contributed by atoms with Gasteiger partial charge in [0.25, 0.3) is 5.91 Å². The summed E-state index contributed by atoms with van der Waals surface area (Å²) in [5, 5.41) is 11.8. The van der Waals surface area contributed by atoms with Gasteiger partial charge in [-0.05, 0) is 31.0 Å². The molecule has 3 N–H and O–H groups in total. The number of amides is 2. The highest BCUT2D eigenvalue weighted by Crippen LogP contribution is 2.34. The largest absolute Gasteiger partial charge is 0.361 e. The van der Waals surface area contributed by atoms with Crippen LogP contribution in [0.2, 0.25) is 0 Å². The first kappa shape index (κ1) is 19.8. The maximum Gasteiger partial charge on any atom is 0.257 e. The van der Waals surface area contributed by atoms with Gasteiger partial charge in [0.15, 0.2) is 0 Å². The third-order valence-electron chi connectivity index (χ3n) is 4.90. The van der Waals surface area contributed by atoms with Crippen LogP contribution in [0.1, 0.15) is 54.2 Å². The molecule has 1 atom stereocenters. The van der Waals surface area contributed by atoms with Crippen molar-refractivity contribution >= 4 is 17.5 Å². The van der Waals surface area contributed by atoms with E-state index in [0.29, 0.717) is 29.8 Å². The van der Waals surface area contributed by atoms with Gasteiger partial charge in [0.2, 0.25) is 5.91 Å². The fourth-order valence-corrected chi connectivity index (χ4v) is 3.44. The average molecular weight is 385 g/mol. The molecule has 0 bridgehead atoms. The monoisotopic (exact) mass is 385 g/mol. The molecule has 2 aromatic rings. The van der Waals surface area contributed by atoms with Gasteiger partial charge in [-0.1, -0.05) is 43.2 Å². The van der Waals surface area contributed by atoms with Crippen LogP contribution in [0.3, 0.4) is 0 Å². The Hall–Kier alpha value is -2.93. The number of para-hydroxylation sites is 1. The Bertz CT molecular complexity index is 843. The van der Waals surface area contributed by atoms with E-state index in [9.17, 15) is 14.0 Å². The van der Waals surface area contributed by atoms with Crippen LogP contribution in [0.25, 0.3) is 0 Å². The van der Waals surface area contributed by atoms with Crippen LogP contribution >= 0.6 is 0 Å². The maximum absolute atomic E-state index is 14.4. The summed E-state index contributed by atoms with van der Waals surface area (Å²) in [7, 11) is 0. The molecule has 1 heterocycles. The van der Waals surface area contributed by atoms with Crippen LogP contribution in [0, 0.1) is 5.82 Å². The number of hydrogen-bond acceptors (Lipinski definition) is 4. The first-order valence-corrected chi connectivity index (χ1v) is 9.45. The lowest BCUT2D eigenvalue weighted by Gasteiger charge is -2.38. The maximum atomic E-state index is 14.4. The fraction of sp³-hybridized carbons (Fsp3) is 0.333. The predicted octanol–water partition coefficient (Wildman–Crippen LogP) is 3.85. The lowest BCUT2D eigenvalue weighted by atomic mass is 10.0. The molecule has 1 unspecified atom stereocenters. The summed E-state index contributed by atoms with van der Waals surface area (Å²) in [6.07, 6.45) is 2.74. The molecule has 0 aromatic heterocycles. The third-order valence-corrected chi connectivity index (χ3v) is 4.90. The summed E-state index contributed by atoms with van der Waals surface area (Å²) in [5.74, 6) is -0.874. The number of anilines is 1. The van der Waals surface area contributed by atoms with E-state index in [1.165, 1.54) is 6.07 Å². The molecule has 28 heavy (non-hydrogen) atoms. The molecule has 1 aliphatic rings. The van der Waals surface area contributed by atoms with Crippen molar-refractivity contribution in [2.45, 2.75) is 38.3 Å². The number of benzene rings is 2. The van der Waals surface area contributed by atoms with Gasteiger partial charge in [-0.15, -0.1) is 0 Å². The molecule has 3 rings (SSSR count). The van der Waals surface area contributed by atoms with Gasteiger partial charge >= 0.3 is 0 Å². The molecule has 7 heteroatoms. The van der Waals surface area contributed by atoms with Crippen molar-refractivity contribution < 1.29 is 19.2 Å². The molecular formula is C21H24FN3O3.